The molecular weight excluding hydrogens is 338 g/mol. The molecule has 7 heteroatoms. The zero-order valence-corrected chi connectivity index (χ0v) is 15.1. The second-order valence-electron chi connectivity index (χ2n) is 6.09. The van der Waals surface area contributed by atoms with Crippen LogP contribution in [0.25, 0.3) is 11.3 Å². The predicted molar refractivity (Wildman–Crippen MR) is 102 cm³/mol. The van der Waals surface area contributed by atoms with Gasteiger partial charge >= 0.3 is 0 Å². The zero-order chi connectivity index (χ0) is 16.8. The summed E-state index contributed by atoms with van der Waals surface area (Å²) in [4.78, 5) is 12.0. The van der Waals surface area contributed by atoms with Crippen molar-refractivity contribution in [1.29, 1.82) is 0 Å². The molecule has 1 aromatic heterocycles. The summed E-state index contributed by atoms with van der Waals surface area (Å²) >= 11 is 0. The van der Waals surface area contributed by atoms with E-state index in [0.29, 0.717) is 24.8 Å². The molecular formula is C18H24ClN5O. The summed E-state index contributed by atoms with van der Waals surface area (Å²) in [5, 5.41) is 17.7. The van der Waals surface area contributed by atoms with Crippen LogP contribution >= 0.6 is 12.4 Å². The molecule has 0 aliphatic carbocycles. The van der Waals surface area contributed by atoms with Crippen molar-refractivity contribution in [3.63, 3.8) is 0 Å². The Morgan fingerprint density at radius 2 is 1.92 bits per heavy atom. The smallest absolute Gasteiger partial charge is 0.223 e. The fraction of sp³-hybridized carbons (Fsp3) is 0.389. The molecule has 134 valence electrons. The normalized spacial score (nSPS) is 14.8. The van der Waals surface area contributed by atoms with Crippen LogP contribution in [0.5, 0.6) is 0 Å². The molecule has 0 radical (unpaired) electrons. The van der Waals surface area contributed by atoms with Crippen LogP contribution in [-0.4, -0.2) is 42.3 Å². The van der Waals surface area contributed by atoms with Gasteiger partial charge in [-0.2, -0.15) is 0 Å². The summed E-state index contributed by atoms with van der Waals surface area (Å²) < 4.78 is 0. The van der Waals surface area contributed by atoms with E-state index in [1.54, 1.807) is 0 Å². The second-order valence-corrected chi connectivity index (χ2v) is 6.09. The van der Waals surface area contributed by atoms with Crippen LogP contribution in [0, 0.1) is 11.8 Å². The summed E-state index contributed by atoms with van der Waals surface area (Å²) in [6.07, 6.45) is 0. The molecule has 6 nitrogen and oxygen atoms in total. The highest BCUT2D eigenvalue weighted by Gasteiger charge is 2.28. The first kappa shape index (κ1) is 19.1. The Labute approximate surface area is 154 Å². The number of rotatable bonds is 7. The van der Waals surface area contributed by atoms with Crippen molar-refractivity contribution in [1.82, 2.24) is 20.8 Å². The maximum Gasteiger partial charge on any atom is 0.223 e. The summed E-state index contributed by atoms with van der Waals surface area (Å²) in [5.41, 5.74) is 1.89. The highest BCUT2D eigenvalue weighted by Crippen LogP contribution is 2.16. The van der Waals surface area contributed by atoms with Crippen LogP contribution in [0.2, 0.25) is 0 Å². The van der Waals surface area contributed by atoms with Gasteiger partial charge in [0.25, 0.3) is 0 Å². The number of carbonyl (C=O) groups is 1. The molecule has 1 saturated heterocycles. The Morgan fingerprint density at radius 3 is 2.52 bits per heavy atom. The molecule has 1 aliphatic heterocycles. The van der Waals surface area contributed by atoms with E-state index in [9.17, 15) is 4.79 Å². The zero-order valence-electron chi connectivity index (χ0n) is 14.2. The molecule has 3 N–H and O–H groups in total. The lowest BCUT2D eigenvalue weighted by molar-refractivity contribution is -0.126. The second kappa shape index (κ2) is 9.34. The lowest BCUT2D eigenvalue weighted by Crippen LogP contribution is -2.50. The van der Waals surface area contributed by atoms with Gasteiger partial charge in [0.1, 0.15) is 5.82 Å². The van der Waals surface area contributed by atoms with Crippen LogP contribution in [-0.2, 0) is 4.79 Å². The largest absolute Gasteiger partial charge is 0.367 e. The van der Waals surface area contributed by atoms with Crippen molar-refractivity contribution in [3.8, 4) is 11.3 Å². The number of amides is 1. The van der Waals surface area contributed by atoms with E-state index in [0.717, 1.165) is 24.3 Å². The van der Waals surface area contributed by atoms with Gasteiger partial charge in [0.2, 0.25) is 5.91 Å². The Morgan fingerprint density at radius 1 is 1.16 bits per heavy atom. The van der Waals surface area contributed by atoms with Crippen LogP contribution in [0.15, 0.2) is 42.5 Å². The lowest BCUT2D eigenvalue weighted by Gasteiger charge is -2.31. The Balaban J connectivity index is 0.00000225. The summed E-state index contributed by atoms with van der Waals surface area (Å²) in [7, 11) is 0. The number of benzene rings is 1. The van der Waals surface area contributed by atoms with Crippen molar-refractivity contribution in [2.45, 2.75) is 6.92 Å². The van der Waals surface area contributed by atoms with Crippen molar-refractivity contribution in [2.75, 3.05) is 31.5 Å². The molecule has 1 fully saturated rings. The maximum absolute atomic E-state index is 12.0. The van der Waals surface area contributed by atoms with Crippen LogP contribution in [0.4, 0.5) is 5.82 Å². The molecule has 1 aliphatic rings. The summed E-state index contributed by atoms with van der Waals surface area (Å²) in [5.74, 6) is 1.36. The molecule has 1 amide bonds. The lowest BCUT2D eigenvalue weighted by atomic mass is 9.88. The number of hydrogen-bond acceptors (Lipinski definition) is 5. The number of nitrogens with one attached hydrogen (secondary N) is 3. The van der Waals surface area contributed by atoms with Crippen molar-refractivity contribution < 1.29 is 4.79 Å². The fourth-order valence-corrected chi connectivity index (χ4v) is 2.61. The van der Waals surface area contributed by atoms with Crippen molar-refractivity contribution in [2.24, 2.45) is 11.8 Å². The molecule has 1 atom stereocenters. The molecule has 0 spiro atoms. The van der Waals surface area contributed by atoms with Gasteiger partial charge in [0, 0.05) is 24.6 Å². The van der Waals surface area contributed by atoms with Gasteiger partial charge in [0.15, 0.2) is 0 Å². The van der Waals surface area contributed by atoms with Gasteiger partial charge < -0.3 is 16.0 Å². The molecule has 2 heterocycles. The number of carbonyl (C=O) groups excluding carboxylic acids is 1. The maximum atomic E-state index is 12.0. The van der Waals surface area contributed by atoms with Gasteiger partial charge in [-0.05, 0) is 31.1 Å². The van der Waals surface area contributed by atoms with E-state index < -0.39 is 0 Å². The van der Waals surface area contributed by atoms with Gasteiger partial charge in [-0.3, -0.25) is 4.79 Å². The minimum atomic E-state index is 0. The quantitative estimate of drug-likeness (QED) is 0.657. The van der Waals surface area contributed by atoms with E-state index in [2.05, 4.69) is 26.1 Å². The number of halogens is 1. The molecule has 3 rings (SSSR count). The minimum Gasteiger partial charge on any atom is -0.367 e. The third kappa shape index (κ3) is 5.14. The van der Waals surface area contributed by atoms with Crippen molar-refractivity contribution >= 4 is 24.1 Å². The van der Waals surface area contributed by atoms with Crippen LogP contribution in [0.3, 0.4) is 0 Å². The Hall–Kier alpha value is -2.18. The van der Waals surface area contributed by atoms with E-state index in [1.165, 1.54) is 0 Å². The highest BCUT2D eigenvalue weighted by molar-refractivity contribution is 5.85. The highest BCUT2D eigenvalue weighted by atomic mass is 35.5. The number of aromatic nitrogens is 2. The molecule has 1 aromatic carbocycles. The third-order valence-electron chi connectivity index (χ3n) is 4.40. The first-order valence-electron chi connectivity index (χ1n) is 8.35. The molecule has 2 aromatic rings. The van der Waals surface area contributed by atoms with E-state index in [1.807, 2.05) is 49.4 Å². The molecule has 0 bridgehead atoms. The van der Waals surface area contributed by atoms with Crippen LogP contribution in [0.1, 0.15) is 6.92 Å². The third-order valence-corrected chi connectivity index (χ3v) is 4.40. The van der Waals surface area contributed by atoms with Crippen molar-refractivity contribution in [3.05, 3.63) is 42.5 Å². The Kier molecular flexibility index (Phi) is 7.16. The number of hydrogen-bond donors (Lipinski definition) is 3. The van der Waals surface area contributed by atoms with E-state index in [-0.39, 0.29) is 24.2 Å². The summed E-state index contributed by atoms with van der Waals surface area (Å²) in [6.45, 7) is 5.07. The first-order valence-corrected chi connectivity index (χ1v) is 8.35. The number of nitrogens with zero attached hydrogens (tertiary/aromatic N) is 2. The molecule has 1 unspecified atom stereocenters. The number of anilines is 1. The van der Waals surface area contributed by atoms with Gasteiger partial charge in [-0.15, -0.1) is 22.6 Å². The molecule has 0 saturated carbocycles. The monoisotopic (exact) mass is 361 g/mol. The summed E-state index contributed by atoms with van der Waals surface area (Å²) in [6, 6.07) is 13.8. The Bertz CT molecular complexity index is 661. The van der Waals surface area contributed by atoms with E-state index in [4.69, 9.17) is 0 Å². The standard InChI is InChI=1S/C18H23N5O.ClH/c1-13(15-11-19-12-15)18(24)21-10-9-20-17-8-7-16(22-23-17)14-5-3-2-4-6-14;/h2-8,13,15,19H,9-12H2,1H3,(H,20,23)(H,21,24);1H. The van der Waals surface area contributed by atoms with Crippen LogP contribution < -0.4 is 16.0 Å². The predicted octanol–water partition coefficient (Wildman–Crippen LogP) is 1.95. The first-order chi connectivity index (χ1) is 11.7. The van der Waals surface area contributed by atoms with Gasteiger partial charge in [0.05, 0.1) is 5.69 Å². The van der Waals surface area contributed by atoms with Gasteiger partial charge in [-0.25, -0.2) is 0 Å². The van der Waals surface area contributed by atoms with E-state index >= 15 is 0 Å². The van der Waals surface area contributed by atoms with Gasteiger partial charge in [-0.1, -0.05) is 37.3 Å². The fourth-order valence-electron chi connectivity index (χ4n) is 2.61. The minimum absolute atomic E-state index is 0. The molecule has 25 heavy (non-hydrogen) atoms. The average molecular weight is 362 g/mol. The average Bonchev–Trinajstić information content (AvgIpc) is 2.58. The topological polar surface area (TPSA) is 78.9 Å². The SMILES string of the molecule is CC(C(=O)NCCNc1ccc(-c2ccccc2)nn1)C1CNC1.Cl.